The number of hydrogen-bond donors (Lipinski definition) is 2. The van der Waals surface area contributed by atoms with Gasteiger partial charge in [-0.05, 0) is 55.0 Å². The van der Waals surface area contributed by atoms with Gasteiger partial charge in [-0.1, -0.05) is 41.4 Å². The highest BCUT2D eigenvalue weighted by Crippen LogP contribution is 2.35. The van der Waals surface area contributed by atoms with Gasteiger partial charge in [0.1, 0.15) is 16.5 Å². The van der Waals surface area contributed by atoms with Crippen molar-refractivity contribution >= 4 is 58.0 Å². The van der Waals surface area contributed by atoms with E-state index < -0.39 is 46.0 Å². The minimum absolute atomic E-state index is 0.00969. The van der Waals surface area contributed by atoms with Gasteiger partial charge < -0.3 is 10.6 Å². The first-order valence-corrected chi connectivity index (χ1v) is 11.2. The van der Waals surface area contributed by atoms with Gasteiger partial charge in [-0.15, -0.1) is 0 Å². The van der Waals surface area contributed by atoms with E-state index in [1.54, 1.807) is 6.92 Å². The zero-order chi connectivity index (χ0) is 27.1. The van der Waals surface area contributed by atoms with E-state index >= 15 is 0 Å². The highest BCUT2D eigenvalue weighted by molar-refractivity contribution is 6.53. The summed E-state index contributed by atoms with van der Waals surface area (Å²) in [6, 6.07) is 12.0. The van der Waals surface area contributed by atoms with Crippen LogP contribution in [0.3, 0.4) is 0 Å². The topological polar surface area (TPSA) is 78.5 Å². The van der Waals surface area contributed by atoms with Crippen molar-refractivity contribution in [1.29, 1.82) is 0 Å². The van der Waals surface area contributed by atoms with Crippen molar-refractivity contribution in [1.82, 2.24) is 0 Å². The molecule has 4 rings (SSSR count). The summed E-state index contributed by atoms with van der Waals surface area (Å²) < 4.78 is 53.4. The number of carbonyl (C=O) groups excluding carboxylic acids is 3. The van der Waals surface area contributed by atoms with Crippen molar-refractivity contribution in [2.75, 3.05) is 15.5 Å². The Morgan fingerprint density at radius 2 is 1.62 bits per heavy atom. The number of anilines is 3. The van der Waals surface area contributed by atoms with Gasteiger partial charge in [-0.3, -0.25) is 14.4 Å². The summed E-state index contributed by atoms with van der Waals surface area (Å²) in [7, 11) is 0. The predicted octanol–water partition coefficient (Wildman–Crippen LogP) is 6.49. The van der Waals surface area contributed by atoms with Crippen LogP contribution < -0.4 is 15.5 Å². The summed E-state index contributed by atoms with van der Waals surface area (Å²) in [4.78, 5) is 39.1. The van der Waals surface area contributed by atoms with Crippen LogP contribution in [0.5, 0.6) is 0 Å². The maximum absolute atomic E-state index is 13.5. The molecule has 0 radical (unpaired) electrons. The van der Waals surface area contributed by atoms with E-state index in [0.717, 1.165) is 24.3 Å². The number of imide groups is 1. The van der Waals surface area contributed by atoms with Crippen molar-refractivity contribution in [3.63, 3.8) is 0 Å². The molecule has 6 nitrogen and oxygen atoms in total. The summed E-state index contributed by atoms with van der Waals surface area (Å²) in [5.41, 5.74) is -1.05. The summed E-state index contributed by atoms with van der Waals surface area (Å²) in [6.07, 6.45) is -4.68. The second-order valence-corrected chi connectivity index (χ2v) is 8.67. The van der Waals surface area contributed by atoms with E-state index in [-0.39, 0.29) is 27.7 Å². The maximum atomic E-state index is 13.5. The molecule has 1 aliphatic heterocycles. The van der Waals surface area contributed by atoms with Crippen LogP contribution in [-0.4, -0.2) is 17.7 Å². The molecule has 3 amide bonds. The molecule has 3 aromatic carbocycles. The number of halogens is 6. The van der Waals surface area contributed by atoms with Crippen LogP contribution in [0, 0.1) is 12.7 Å². The van der Waals surface area contributed by atoms with Crippen molar-refractivity contribution in [2.24, 2.45) is 0 Å². The highest BCUT2D eigenvalue weighted by atomic mass is 35.5. The number of nitrogens with one attached hydrogen (secondary N) is 2. The second-order valence-electron chi connectivity index (χ2n) is 7.89. The van der Waals surface area contributed by atoms with Gasteiger partial charge in [0.15, 0.2) is 0 Å². The quantitative estimate of drug-likeness (QED) is 0.280. The molecule has 0 fully saturated rings. The Balaban J connectivity index is 1.60. The van der Waals surface area contributed by atoms with E-state index in [1.807, 2.05) is 0 Å². The number of aryl methyl sites for hydroxylation is 1. The van der Waals surface area contributed by atoms with Crippen molar-refractivity contribution in [3.8, 4) is 0 Å². The lowest BCUT2D eigenvalue weighted by Crippen LogP contribution is -2.32. The van der Waals surface area contributed by atoms with Gasteiger partial charge in [-0.2, -0.15) is 13.2 Å². The second kappa shape index (κ2) is 9.87. The molecule has 0 aliphatic carbocycles. The molecule has 0 atom stereocenters. The number of alkyl halides is 3. The summed E-state index contributed by atoms with van der Waals surface area (Å²) in [6.45, 7) is 1.64. The zero-order valence-corrected chi connectivity index (χ0v) is 20.2. The van der Waals surface area contributed by atoms with Gasteiger partial charge in [0, 0.05) is 11.3 Å². The van der Waals surface area contributed by atoms with Crippen molar-refractivity contribution < 1.29 is 31.9 Å². The molecule has 0 bridgehead atoms. The summed E-state index contributed by atoms with van der Waals surface area (Å²) in [5, 5.41) is 4.20. The molecule has 1 aliphatic rings. The van der Waals surface area contributed by atoms with Gasteiger partial charge in [0.05, 0.1) is 22.0 Å². The van der Waals surface area contributed by atoms with Crippen LogP contribution in [0.4, 0.5) is 34.6 Å². The van der Waals surface area contributed by atoms with Crippen LogP contribution >= 0.6 is 23.2 Å². The third kappa shape index (κ3) is 5.16. The standard InChI is InChI=1S/C25H15Cl2F4N3O3/c1-12-6-7-13(22(35)33-18-5-3-2-4-15(18)25(29,30)31)10-19(12)32-21-20(27)23(36)34(24(21)37)14-8-9-17(28)16(26)11-14/h2-11,32H,1H3,(H,33,35). The molecule has 0 saturated carbocycles. The Morgan fingerprint density at radius 1 is 0.919 bits per heavy atom. The van der Waals surface area contributed by atoms with E-state index in [0.29, 0.717) is 10.5 Å². The first-order chi connectivity index (χ1) is 17.4. The van der Waals surface area contributed by atoms with Gasteiger partial charge in [0.2, 0.25) is 0 Å². The Morgan fingerprint density at radius 3 is 2.30 bits per heavy atom. The van der Waals surface area contributed by atoms with Crippen molar-refractivity contribution in [3.05, 3.63) is 98.9 Å². The van der Waals surface area contributed by atoms with E-state index in [2.05, 4.69) is 10.6 Å². The summed E-state index contributed by atoms with van der Waals surface area (Å²) >= 11 is 11.9. The average molecular weight is 552 g/mol. The molecule has 1 heterocycles. The molecule has 12 heteroatoms. The van der Waals surface area contributed by atoms with Crippen LogP contribution in [0.25, 0.3) is 0 Å². The lowest BCUT2D eigenvalue weighted by molar-refractivity contribution is -0.137. The molecule has 190 valence electrons. The zero-order valence-electron chi connectivity index (χ0n) is 18.7. The van der Waals surface area contributed by atoms with Crippen molar-refractivity contribution in [2.45, 2.75) is 13.1 Å². The molecule has 0 saturated heterocycles. The summed E-state index contributed by atoms with van der Waals surface area (Å²) in [5.74, 6) is -3.32. The molecule has 37 heavy (non-hydrogen) atoms. The first kappa shape index (κ1) is 26.2. The number of rotatable bonds is 5. The largest absolute Gasteiger partial charge is 0.418 e. The van der Waals surface area contributed by atoms with Gasteiger partial charge >= 0.3 is 6.18 Å². The minimum atomic E-state index is -4.68. The lowest BCUT2D eigenvalue weighted by Gasteiger charge is -2.16. The average Bonchev–Trinajstić information content (AvgIpc) is 3.05. The number of para-hydroxylation sites is 1. The van der Waals surface area contributed by atoms with E-state index in [4.69, 9.17) is 23.2 Å². The Labute approximate surface area is 217 Å². The molecule has 0 aromatic heterocycles. The Bertz CT molecular complexity index is 1490. The molecule has 3 aromatic rings. The number of amides is 3. The number of nitrogens with zero attached hydrogens (tertiary/aromatic N) is 1. The molecule has 2 N–H and O–H groups in total. The lowest BCUT2D eigenvalue weighted by atomic mass is 10.1. The Kier molecular flexibility index (Phi) is 6.98. The van der Waals surface area contributed by atoms with Gasteiger partial charge in [0.25, 0.3) is 17.7 Å². The monoisotopic (exact) mass is 551 g/mol. The number of benzene rings is 3. The Hall–Kier alpha value is -3.89. The van der Waals surface area contributed by atoms with E-state index in [1.165, 1.54) is 36.4 Å². The first-order valence-electron chi connectivity index (χ1n) is 10.5. The fraction of sp³-hybridized carbons (Fsp3) is 0.0800. The smallest absolute Gasteiger partial charge is 0.349 e. The maximum Gasteiger partial charge on any atom is 0.418 e. The van der Waals surface area contributed by atoms with Crippen LogP contribution in [0.1, 0.15) is 21.5 Å². The third-order valence-electron chi connectivity index (χ3n) is 5.43. The fourth-order valence-corrected chi connectivity index (χ4v) is 3.92. The predicted molar refractivity (Wildman–Crippen MR) is 131 cm³/mol. The molecular weight excluding hydrogens is 537 g/mol. The number of hydrogen-bond acceptors (Lipinski definition) is 4. The molecule has 0 spiro atoms. The van der Waals surface area contributed by atoms with Crippen LogP contribution in [-0.2, 0) is 15.8 Å². The minimum Gasteiger partial charge on any atom is -0.349 e. The van der Waals surface area contributed by atoms with Crippen LogP contribution in [0.15, 0.2) is 71.4 Å². The molecule has 0 unspecified atom stereocenters. The SMILES string of the molecule is Cc1ccc(C(=O)Nc2ccccc2C(F)(F)F)cc1NC1=C(Cl)C(=O)N(c2ccc(F)c(Cl)c2)C1=O. The normalized spacial score (nSPS) is 13.9. The third-order valence-corrected chi connectivity index (χ3v) is 6.07. The van der Waals surface area contributed by atoms with E-state index in [9.17, 15) is 31.9 Å². The van der Waals surface area contributed by atoms with Gasteiger partial charge in [-0.25, -0.2) is 9.29 Å². The fourth-order valence-electron chi connectivity index (χ4n) is 3.54. The number of carbonyl (C=O) groups is 3. The van der Waals surface area contributed by atoms with Crippen LogP contribution in [0.2, 0.25) is 5.02 Å². The molecular formula is C25H15Cl2F4N3O3. The highest BCUT2D eigenvalue weighted by Gasteiger charge is 2.39.